The number of methoxy groups -OCH3 is 1. The topological polar surface area (TPSA) is 134 Å². The van der Waals surface area contributed by atoms with Gasteiger partial charge < -0.3 is 20.3 Å². The van der Waals surface area contributed by atoms with Gasteiger partial charge in [-0.05, 0) is 67.4 Å². The van der Waals surface area contributed by atoms with E-state index in [0.717, 1.165) is 22.9 Å². The third-order valence-electron chi connectivity index (χ3n) is 6.86. The third kappa shape index (κ3) is 6.21. The van der Waals surface area contributed by atoms with Gasteiger partial charge in [0.15, 0.2) is 0 Å². The maximum Gasteiger partial charge on any atom is 0.264 e. The molecule has 206 valence electrons. The van der Waals surface area contributed by atoms with Gasteiger partial charge in [-0.2, -0.15) is 0 Å². The number of para-hydroxylation sites is 1. The van der Waals surface area contributed by atoms with Gasteiger partial charge in [0.1, 0.15) is 11.8 Å². The van der Waals surface area contributed by atoms with Crippen molar-refractivity contribution in [1.82, 2.24) is 15.4 Å². The molecule has 1 aliphatic rings. The zero-order valence-electron chi connectivity index (χ0n) is 22.3. The highest BCUT2D eigenvalue weighted by Gasteiger charge is 2.33. The summed E-state index contributed by atoms with van der Waals surface area (Å²) >= 11 is 0. The molecule has 3 aromatic carbocycles. The lowest BCUT2D eigenvalue weighted by Gasteiger charge is -2.28. The average Bonchev–Trinajstić information content (AvgIpc) is 3.03. The van der Waals surface area contributed by atoms with Crippen LogP contribution in [0.15, 0.2) is 54.6 Å². The molecule has 0 bridgehead atoms. The molecule has 0 radical (unpaired) electrons. The minimum absolute atomic E-state index is 0.152. The minimum atomic E-state index is -3.72. The Labute approximate surface area is 227 Å². The lowest BCUT2D eigenvalue weighted by atomic mass is 10.00. The van der Waals surface area contributed by atoms with Crippen molar-refractivity contribution in [3.63, 3.8) is 0 Å². The number of aryl methyl sites for hydroxylation is 1. The number of hydrogen-bond acceptors (Lipinski definition) is 7. The standard InChI is InChI=1S/C28H32N4O6S/c1-17(29-2)26(33)30-23-13-10-18-7-5-6-8-24(18)32(28(23)35)16-22-21-12-9-20(27(34)31-39(4,36)37)15-19(21)11-14-25(22)38-3/h5-9,11-12,14-15,17,23,29H,10,13,16H2,1-4H3,(H,30,33)(H,31,34)/t17-,23-/m0/s1. The fraction of sp³-hybridized carbons (Fsp3) is 0.321. The maximum atomic E-state index is 13.9. The zero-order chi connectivity index (χ0) is 28.3. The third-order valence-corrected chi connectivity index (χ3v) is 7.41. The van der Waals surface area contributed by atoms with E-state index in [9.17, 15) is 22.8 Å². The van der Waals surface area contributed by atoms with E-state index in [4.69, 9.17) is 4.74 Å². The Balaban J connectivity index is 1.76. The van der Waals surface area contributed by atoms with E-state index in [2.05, 4.69) is 10.6 Å². The lowest BCUT2D eigenvalue weighted by Crippen LogP contribution is -2.52. The van der Waals surface area contributed by atoms with Crippen LogP contribution in [0.2, 0.25) is 0 Å². The van der Waals surface area contributed by atoms with Crippen LogP contribution in [0, 0.1) is 0 Å². The molecule has 11 heteroatoms. The van der Waals surface area contributed by atoms with Gasteiger partial charge in [0.25, 0.3) is 5.91 Å². The molecule has 10 nitrogen and oxygen atoms in total. The fourth-order valence-electron chi connectivity index (χ4n) is 4.70. The summed E-state index contributed by atoms with van der Waals surface area (Å²) in [5.74, 6) is -0.679. The summed E-state index contributed by atoms with van der Waals surface area (Å²) in [5, 5.41) is 7.21. The summed E-state index contributed by atoms with van der Waals surface area (Å²) in [7, 11) is -0.494. The largest absolute Gasteiger partial charge is 0.496 e. The number of carbonyl (C=O) groups is 3. The lowest BCUT2D eigenvalue weighted by molar-refractivity contribution is -0.128. The number of hydrogen-bond donors (Lipinski definition) is 3. The number of fused-ring (bicyclic) bond motifs is 2. The van der Waals surface area contributed by atoms with E-state index >= 15 is 0 Å². The van der Waals surface area contributed by atoms with Crippen LogP contribution in [-0.4, -0.2) is 58.6 Å². The number of benzene rings is 3. The van der Waals surface area contributed by atoms with E-state index in [1.165, 1.54) is 6.07 Å². The van der Waals surface area contributed by atoms with Crippen LogP contribution >= 0.6 is 0 Å². The normalized spacial score (nSPS) is 16.3. The number of amides is 3. The second kappa shape index (κ2) is 11.4. The fourth-order valence-corrected chi connectivity index (χ4v) is 5.15. The van der Waals surface area contributed by atoms with Gasteiger partial charge >= 0.3 is 0 Å². The molecule has 39 heavy (non-hydrogen) atoms. The van der Waals surface area contributed by atoms with Gasteiger partial charge in [-0.3, -0.25) is 14.4 Å². The summed E-state index contributed by atoms with van der Waals surface area (Å²) in [4.78, 5) is 40.7. The van der Waals surface area contributed by atoms with Crippen molar-refractivity contribution in [2.45, 2.75) is 38.4 Å². The molecular weight excluding hydrogens is 520 g/mol. The molecule has 0 saturated carbocycles. The number of nitrogens with zero attached hydrogens (tertiary/aromatic N) is 1. The monoisotopic (exact) mass is 552 g/mol. The molecule has 4 rings (SSSR count). The molecule has 0 spiro atoms. The van der Waals surface area contributed by atoms with Crippen LogP contribution in [0.1, 0.15) is 34.8 Å². The van der Waals surface area contributed by atoms with Crippen LogP contribution in [0.3, 0.4) is 0 Å². The predicted molar refractivity (Wildman–Crippen MR) is 149 cm³/mol. The Morgan fingerprint density at radius 2 is 1.87 bits per heavy atom. The van der Waals surface area contributed by atoms with Gasteiger partial charge in [0.05, 0.1) is 26.0 Å². The second-order valence-electron chi connectivity index (χ2n) is 9.55. The van der Waals surface area contributed by atoms with E-state index in [-0.39, 0.29) is 23.9 Å². The SMILES string of the molecule is CN[C@@H](C)C(=O)N[C@H]1CCc2ccccc2N(Cc2c(OC)ccc3cc(C(=O)NS(C)(=O)=O)ccc23)C1=O. The first-order valence-corrected chi connectivity index (χ1v) is 14.4. The summed E-state index contributed by atoms with van der Waals surface area (Å²) in [6.45, 7) is 1.88. The number of sulfonamides is 1. The van der Waals surface area contributed by atoms with Crippen LogP contribution in [0.25, 0.3) is 10.8 Å². The van der Waals surface area contributed by atoms with Crippen molar-refractivity contribution in [3.8, 4) is 5.75 Å². The molecule has 2 atom stereocenters. The molecule has 3 N–H and O–H groups in total. The number of ether oxygens (including phenoxy) is 1. The molecule has 1 aliphatic heterocycles. The van der Waals surface area contributed by atoms with Gasteiger partial charge in [-0.15, -0.1) is 0 Å². The maximum absolute atomic E-state index is 13.9. The first-order valence-electron chi connectivity index (χ1n) is 12.5. The van der Waals surface area contributed by atoms with Crippen molar-refractivity contribution in [2.24, 2.45) is 0 Å². The van der Waals surface area contributed by atoms with Crippen LogP contribution in [0.4, 0.5) is 5.69 Å². The van der Waals surface area contributed by atoms with Crippen molar-refractivity contribution in [1.29, 1.82) is 0 Å². The molecule has 3 amide bonds. The highest BCUT2D eigenvalue weighted by molar-refractivity contribution is 7.89. The first-order chi connectivity index (χ1) is 18.5. The number of anilines is 1. The summed E-state index contributed by atoms with van der Waals surface area (Å²) in [6, 6.07) is 14.9. The van der Waals surface area contributed by atoms with E-state index in [1.807, 2.05) is 29.0 Å². The molecule has 0 fully saturated rings. The quantitative estimate of drug-likeness (QED) is 0.390. The molecule has 0 unspecified atom stereocenters. The summed E-state index contributed by atoms with van der Waals surface area (Å²) in [6.07, 6.45) is 1.99. The Bertz CT molecular complexity index is 1540. The first kappa shape index (κ1) is 28.1. The molecular formula is C28H32N4O6S. The van der Waals surface area contributed by atoms with Gasteiger partial charge in [-0.25, -0.2) is 13.1 Å². The number of nitrogens with one attached hydrogen (secondary N) is 3. The Kier molecular flexibility index (Phi) is 8.22. The predicted octanol–water partition coefficient (Wildman–Crippen LogP) is 2.11. The van der Waals surface area contributed by atoms with Crippen molar-refractivity contribution in [2.75, 3.05) is 25.3 Å². The minimum Gasteiger partial charge on any atom is -0.496 e. The van der Waals surface area contributed by atoms with Gasteiger partial charge in [0.2, 0.25) is 21.8 Å². The summed E-state index contributed by atoms with van der Waals surface area (Å²) < 4.78 is 30.7. The number of rotatable bonds is 8. The van der Waals surface area contributed by atoms with Crippen molar-refractivity contribution >= 4 is 44.2 Å². The van der Waals surface area contributed by atoms with Crippen LogP contribution in [0.5, 0.6) is 5.75 Å². The Morgan fingerprint density at radius 1 is 1.13 bits per heavy atom. The average molecular weight is 553 g/mol. The van der Waals surface area contributed by atoms with Gasteiger partial charge in [-0.1, -0.05) is 30.3 Å². The zero-order valence-corrected chi connectivity index (χ0v) is 23.1. The second-order valence-corrected chi connectivity index (χ2v) is 11.3. The highest BCUT2D eigenvalue weighted by atomic mass is 32.2. The molecule has 1 heterocycles. The number of likely N-dealkylation sites (N-methyl/N-ethyl adjacent to an activating group) is 1. The Hall–Kier alpha value is -3.96. The van der Waals surface area contributed by atoms with Gasteiger partial charge in [0, 0.05) is 16.8 Å². The van der Waals surface area contributed by atoms with Crippen molar-refractivity contribution < 1.29 is 27.5 Å². The van der Waals surface area contributed by atoms with E-state index in [0.29, 0.717) is 29.5 Å². The van der Waals surface area contributed by atoms with E-state index in [1.54, 1.807) is 50.2 Å². The van der Waals surface area contributed by atoms with Crippen LogP contribution < -0.4 is 25.0 Å². The Morgan fingerprint density at radius 3 is 2.56 bits per heavy atom. The smallest absolute Gasteiger partial charge is 0.264 e. The molecule has 3 aromatic rings. The van der Waals surface area contributed by atoms with E-state index < -0.39 is 28.0 Å². The molecule has 0 aliphatic carbocycles. The molecule has 0 saturated heterocycles. The molecule has 0 aromatic heterocycles. The summed E-state index contributed by atoms with van der Waals surface area (Å²) in [5.41, 5.74) is 2.64. The van der Waals surface area contributed by atoms with Crippen molar-refractivity contribution in [3.05, 3.63) is 71.3 Å². The highest BCUT2D eigenvalue weighted by Crippen LogP contribution is 2.34. The van der Waals surface area contributed by atoms with Crippen LogP contribution in [-0.2, 0) is 32.6 Å². The number of carbonyl (C=O) groups excluding carboxylic acids is 3.